The van der Waals surface area contributed by atoms with E-state index in [4.69, 9.17) is 5.11 Å². The Balaban J connectivity index is 2.66. The minimum Gasteiger partial charge on any atom is -0.480 e. The molecule has 0 bridgehead atoms. The zero-order chi connectivity index (χ0) is 15.1. The maximum Gasteiger partial charge on any atom is 0.323 e. The van der Waals surface area contributed by atoms with Crippen LogP contribution in [-0.2, 0) is 4.79 Å². The SMILES string of the molecule is CCC(C)N(CC(=O)O)C(=O)NC1CCCCCC1O. The van der Waals surface area contributed by atoms with Crippen LogP contribution >= 0.6 is 0 Å². The van der Waals surface area contributed by atoms with Crippen molar-refractivity contribution in [1.29, 1.82) is 0 Å². The fourth-order valence-corrected chi connectivity index (χ4v) is 2.49. The maximum atomic E-state index is 12.2. The third-order valence-corrected chi connectivity index (χ3v) is 3.98. The number of carbonyl (C=O) groups excluding carboxylic acids is 1. The number of carboxylic acids is 1. The summed E-state index contributed by atoms with van der Waals surface area (Å²) in [6, 6.07) is -0.813. The number of hydrogen-bond donors (Lipinski definition) is 3. The quantitative estimate of drug-likeness (QED) is 0.669. The Morgan fingerprint density at radius 1 is 1.30 bits per heavy atom. The standard InChI is InChI=1S/C14H26N2O4/c1-3-10(2)16(9-13(18)19)14(20)15-11-7-5-4-6-8-12(11)17/h10-12,17H,3-9H2,1-2H3,(H,15,20)(H,18,19). The second-order valence-electron chi connectivity index (χ2n) is 5.54. The van der Waals surface area contributed by atoms with Gasteiger partial charge in [-0.25, -0.2) is 4.79 Å². The minimum atomic E-state index is -1.03. The molecule has 0 aromatic rings. The fraction of sp³-hybridized carbons (Fsp3) is 0.857. The molecule has 1 aliphatic rings. The summed E-state index contributed by atoms with van der Waals surface area (Å²) < 4.78 is 0. The molecule has 3 N–H and O–H groups in total. The van der Waals surface area contributed by atoms with E-state index in [2.05, 4.69) is 5.32 Å². The molecule has 0 heterocycles. The lowest BCUT2D eigenvalue weighted by molar-refractivity contribution is -0.138. The molecule has 0 spiro atoms. The van der Waals surface area contributed by atoms with E-state index < -0.39 is 18.1 Å². The Labute approximate surface area is 120 Å². The molecule has 3 atom stereocenters. The lowest BCUT2D eigenvalue weighted by atomic mass is 10.1. The number of rotatable bonds is 5. The van der Waals surface area contributed by atoms with Crippen LogP contribution in [0, 0.1) is 0 Å². The summed E-state index contributed by atoms with van der Waals surface area (Å²) in [5.74, 6) is -1.03. The van der Waals surface area contributed by atoms with Gasteiger partial charge in [0.1, 0.15) is 6.54 Å². The van der Waals surface area contributed by atoms with Gasteiger partial charge in [-0.3, -0.25) is 4.79 Å². The molecule has 20 heavy (non-hydrogen) atoms. The summed E-state index contributed by atoms with van der Waals surface area (Å²) in [4.78, 5) is 24.4. The molecule has 3 unspecified atom stereocenters. The van der Waals surface area contributed by atoms with E-state index in [0.29, 0.717) is 12.8 Å². The van der Waals surface area contributed by atoms with Crippen LogP contribution in [0.15, 0.2) is 0 Å². The summed E-state index contributed by atoms with van der Waals surface area (Å²) in [5, 5.41) is 21.7. The van der Waals surface area contributed by atoms with Crippen molar-refractivity contribution in [3.05, 3.63) is 0 Å². The molecule has 0 saturated heterocycles. The number of carboxylic acid groups (broad SMARTS) is 1. The second kappa shape index (κ2) is 8.09. The number of hydrogen-bond acceptors (Lipinski definition) is 3. The highest BCUT2D eigenvalue weighted by atomic mass is 16.4. The van der Waals surface area contributed by atoms with Crippen LogP contribution in [0.5, 0.6) is 0 Å². The molecule has 0 aromatic heterocycles. The van der Waals surface area contributed by atoms with Crippen LogP contribution < -0.4 is 5.32 Å². The minimum absolute atomic E-state index is 0.144. The van der Waals surface area contributed by atoms with Gasteiger partial charge < -0.3 is 20.4 Å². The van der Waals surface area contributed by atoms with E-state index in [9.17, 15) is 14.7 Å². The first-order valence-electron chi connectivity index (χ1n) is 7.42. The average molecular weight is 286 g/mol. The average Bonchev–Trinajstić information content (AvgIpc) is 2.60. The number of aliphatic carboxylic acids is 1. The summed E-state index contributed by atoms with van der Waals surface area (Å²) in [5.41, 5.74) is 0. The zero-order valence-corrected chi connectivity index (χ0v) is 12.3. The summed E-state index contributed by atoms with van der Waals surface area (Å²) in [7, 11) is 0. The Morgan fingerprint density at radius 2 is 1.95 bits per heavy atom. The molecule has 0 aromatic carbocycles. The summed E-state index contributed by atoms with van der Waals surface area (Å²) in [6.07, 6.45) is 4.59. The van der Waals surface area contributed by atoms with E-state index in [0.717, 1.165) is 25.7 Å². The Morgan fingerprint density at radius 3 is 2.55 bits per heavy atom. The normalized spacial score (nSPS) is 24.6. The second-order valence-corrected chi connectivity index (χ2v) is 5.54. The number of nitrogens with one attached hydrogen (secondary N) is 1. The lowest BCUT2D eigenvalue weighted by Crippen LogP contribution is -2.52. The highest BCUT2D eigenvalue weighted by Crippen LogP contribution is 2.18. The van der Waals surface area contributed by atoms with Gasteiger partial charge in [0.05, 0.1) is 12.1 Å². The molecule has 0 radical (unpaired) electrons. The first kappa shape index (κ1) is 16.8. The molecule has 1 saturated carbocycles. The molecular formula is C14H26N2O4. The van der Waals surface area contributed by atoms with Crippen molar-refractivity contribution >= 4 is 12.0 Å². The van der Waals surface area contributed by atoms with Crippen LogP contribution in [0.2, 0.25) is 0 Å². The van der Waals surface area contributed by atoms with E-state index in [1.165, 1.54) is 4.90 Å². The monoisotopic (exact) mass is 286 g/mol. The Bertz CT molecular complexity index is 335. The highest BCUT2D eigenvalue weighted by Gasteiger charge is 2.27. The van der Waals surface area contributed by atoms with Crippen LogP contribution in [0.4, 0.5) is 4.79 Å². The first-order valence-corrected chi connectivity index (χ1v) is 7.42. The fourth-order valence-electron chi connectivity index (χ4n) is 2.49. The van der Waals surface area contributed by atoms with Gasteiger partial charge in [0, 0.05) is 6.04 Å². The van der Waals surface area contributed by atoms with Crippen molar-refractivity contribution in [3.8, 4) is 0 Å². The smallest absolute Gasteiger partial charge is 0.323 e. The number of carbonyl (C=O) groups is 2. The number of nitrogens with zero attached hydrogens (tertiary/aromatic N) is 1. The first-order chi connectivity index (χ1) is 9.45. The maximum absolute atomic E-state index is 12.2. The van der Waals surface area contributed by atoms with Crippen LogP contribution in [-0.4, -0.2) is 51.8 Å². The predicted octanol–water partition coefficient (Wildman–Crippen LogP) is 1.57. The van der Waals surface area contributed by atoms with Crippen LogP contribution in [0.3, 0.4) is 0 Å². The van der Waals surface area contributed by atoms with Crippen molar-refractivity contribution in [3.63, 3.8) is 0 Å². The van der Waals surface area contributed by atoms with E-state index >= 15 is 0 Å². The third-order valence-electron chi connectivity index (χ3n) is 3.98. The molecule has 2 amide bonds. The van der Waals surface area contributed by atoms with E-state index in [1.54, 1.807) is 0 Å². The van der Waals surface area contributed by atoms with Crippen LogP contribution in [0.1, 0.15) is 52.4 Å². The topological polar surface area (TPSA) is 89.9 Å². The Kier molecular flexibility index (Phi) is 6.78. The van der Waals surface area contributed by atoms with Crippen molar-refractivity contribution in [2.45, 2.75) is 70.6 Å². The number of aliphatic hydroxyl groups is 1. The molecule has 1 fully saturated rings. The van der Waals surface area contributed by atoms with Gasteiger partial charge in [-0.1, -0.05) is 26.2 Å². The van der Waals surface area contributed by atoms with Gasteiger partial charge in [-0.15, -0.1) is 0 Å². The lowest BCUT2D eigenvalue weighted by Gasteiger charge is -2.30. The third kappa shape index (κ3) is 5.00. The summed E-state index contributed by atoms with van der Waals surface area (Å²) >= 11 is 0. The van der Waals surface area contributed by atoms with E-state index in [-0.39, 0.29) is 18.6 Å². The molecule has 1 aliphatic carbocycles. The molecule has 116 valence electrons. The number of urea groups is 1. The van der Waals surface area contributed by atoms with Crippen molar-refractivity contribution in [2.75, 3.05) is 6.54 Å². The van der Waals surface area contributed by atoms with Crippen molar-refractivity contribution < 1.29 is 19.8 Å². The molecule has 1 rings (SSSR count). The summed E-state index contributed by atoms with van der Waals surface area (Å²) in [6.45, 7) is 3.42. The molecular weight excluding hydrogens is 260 g/mol. The highest BCUT2D eigenvalue weighted by molar-refractivity contribution is 5.80. The zero-order valence-electron chi connectivity index (χ0n) is 12.3. The van der Waals surface area contributed by atoms with Gasteiger partial charge in [0.25, 0.3) is 0 Å². The molecule has 6 heteroatoms. The number of amides is 2. The van der Waals surface area contributed by atoms with E-state index in [1.807, 2.05) is 13.8 Å². The van der Waals surface area contributed by atoms with Gasteiger partial charge in [-0.05, 0) is 26.2 Å². The van der Waals surface area contributed by atoms with Gasteiger partial charge in [-0.2, -0.15) is 0 Å². The van der Waals surface area contributed by atoms with Crippen molar-refractivity contribution in [2.24, 2.45) is 0 Å². The van der Waals surface area contributed by atoms with Gasteiger partial charge >= 0.3 is 12.0 Å². The van der Waals surface area contributed by atoms with Gasteiger partial charge in [0.15, 0.2) is 0 Å². The Hall–Kier alpha value is -1.30. The molecule has 6 nitrogen and oxygen atoms in total. The predicted molar refractivity (Wildman–Crippen MR) is 75.5 cm³/mol. The molecule has 0 aliphatic heterocycles. The van der Waals surface area contributed by atoms with Gasteiger partial charge in [0.2, 0.25) is 0 Å². The van der Waals surface area contributed by atoms with Crippen molar-refractivity contribution in [1.82, 2.24) is 10.2 Å². The van der Waals surface area contributed by atoms with Crippen LogP contribution in [0.25, 0.3) is 0 Å². The number of aliphatic hydroxyl groups excluding tert-OH is 1. The largest absolute Gasteiger partial charge is 0.480 e.